The first kappa shape index (κ1) is 68.9. The van der Waals surface area contributed by atoms with E-state index in [1.54, 1.807) is 6.26 Å². The molecular weight excluding hydrogens is 1260 g/mol. The average molecular weight is 1330 g/mol. The quantitative estimate of drug-likeness (QED) is 0.0677. The van der Waals surface area contributed by atoms with Crippen LogP contribution in [0.25, 0.3) is 11.5 Å². The van der Waals surface area contributed by atoms with E-state index in [0.717, 1.165) is 65.2 Å². The number of carboxylic acid groups (broad SMARTS) is 3. The molecule has 7 N–H and O–H groups in total. The molecule has 0 aromatic carbocycles. The van der Waals surface area contributed by atoms with E-state index >= 15 is 0 Å². The third-order valence-corrected chi connectivity index (χ3v) is 8.33. The minimum absolute atomic E-state index is 0. The van der Waals surface area contributed by atoms with Gasteiger partial charge in [-0.05, 0) is 32.1 Å². The first-order valence-electron chi connectivity index (χ1n) is 19.2. The van der Waals surface area contributed by atoms with Crippen LogP contribution >= 0.6 is 37.7 Å². The van der Waals surface area contributed by atoms with E-state index in [9.17, 15) is 24.0 Å². The van der Waals surface area contributed by atoms with Crippen molar-refractivity contribution in [2.24, 2.45) is 11.8 Å². The van der Waals surface area contributed by atoms with Crippen molar-refractivity contribution >= 4 is 79.2 Å². The third kappa shape index (κ3) is 47.4. The molecule has 0 unspecified atom stereocenters. The SMILES string of the molecule is CC(=O)O.CC(=O)O.N#COCCCCCN1C(=O)C=CC1=O.O.O=C(O)CCCCCCN1C(=O)C=CC1=O.[CH2-][C@@H]1CCCC[C@H]1[NH-].[CH2-][C@@H]1CCCC[C@H]1[NH-].[Cl][Pt+2][Cl].[Cl][Pt+2][Cl]. The predicted octanol–water partition coefficient (Wildman–Crippen LogP) is 8.50. The van der Waals surface area contributed by atoms with Crippen LogP contribution in [0.2, 0.25) is 0 Å². The van der Waals surface area contributed by atoms with Crippen molar-refractivity contribution in [1.29, 1.82) is 5.26 Å². The van der Waals surface area contributed by atoms with Gasteiger partial charge in [0.25, 0.3) is 41.8 Å². The van der Waals surface area contributed by atoms with Crippen molar-refractivity contribution in [2.75, 3.05) is 19.7 Å². The Bertz CT molecular complexity index is 1250. The molecule has 62 heavy (non-hydrogen) atoms. The summed E-state index contributed by atoms with van der Waals surface area (Å²) in [5.74, 6) is -2.60. The van der Waals surface area contributed by atoms with Crippen LogP contribution < -0.4 is 0 Å². The summed E-state index contributed by atoms with van der Waals surface area (Å²) in [6.45, 7) is 11.2. The standard InChI is InChI=1S/C11H15NO4.C10H12N2O3.2C7H13N.2C2H4O2.4ClH.H2O.2Pt/c13-9-6-7-10(14)12(9)8-4-2-1-3-5-11(15)16;11-8-15-7-3-1-2-6-12-9(13)4-5-10(12)14;2*1-6-4-2-3-5-7(6)8;2*1-2(3)4;;;;;;;/h6-7H,1-5,8H2,(H,15,16);4-5H,1-3,6-7H2;2*6-8H,1-5H2;2*1H3,(H,3,4);4*1H;1H2;;/q;;2*-2;;;;;;;;2*+4/p-4/t;;2*6-,7-;;;;;;;;;/m..11........./s1. The Morgan fingerprint density at radius 3 is 1.23 bits per heavy atom. The summed E-state index contributed by atoms with van der Waals surface area (Å²) in [6.07, 6.45) is 21.8. The van der Waals surface area contributed by atoms with Crippen LogP contribution in [-0.4, -0.2) is 104 Å². The zero-order valence-corrected chi connectivity index (χ0v) is 42.6. The Hall–Kier alpha value is -2.12. The summed E-state index contributed by atoms with van der Waals surface area (Å²) in [4.78, 5) is 75.1. The number of unbranched alkanes of at least 4 members (excludes halogenated alkanes) is 5. The third-order valence-electron chi connectivity index (χ3n) is 8.33. The molecule has 4 atom stereocenters. The second kappa shape index (κ2) is 48.3. The van der Waals surface area contributed by atoms with E-state index in [1.807, 2.05) is 0 Å². The maximum absolute atomic E-state index is 11.1. The van der Waals surface area contributed by atoms with Crippen LogP contribution in [-0.2, 0) is 71.3 Å². The Kier molecular flexibility index (Phi) is 53.7. The number of halogens is 4. The second-order valence-electron chi connectivity index (χ2n) is 13.3. The van der Waals surface area contributed by atoms with Crippen LogP contribution in [0.3, 0.4) is 0 Å². The summed E-state index contributed by atoms with van der Waals surface area (Å²) in [5, 5.41) is 31.3. The molecule has 0 radical (unpaired) electrons. The van der Waals surface area contributed by atoms with Crippen LogP contribution in [0, 0.1) is 37.2 Å². The van der Waals surface area contributed by atoms with Gasteiger partial charge in [0.2, 0.25) is 0 Å². The molecule has 2 fully saturated rings. The van der Waals surface area contributed by atoms with E-state index in [-0.39, 0.29) is 47.6 Å². The Morgan fingerprint density at radius 1 is 0.677 bits per heavy atom. The van der Waals surface area contributed by atoms with Gasteiger partial charge in [0.1, 0.15) is 6.61 Å². The number of nitrogens with zero attached hydrogens (tertiary/aromatic N) is 3. The van der Waals surface area contributed by atoms with Gasteiger partial charge in [-0.2, -0.15) is 29.2 Å². The number of rotatable bonds is 13. The number of nitrogens with one attached hydrogen (secondary N) is 2. The van der Waals surface area contributed by atoms with Gasteiger partial charge in [-0.15, -0.1) is 0 Å². The minimum atomic E-state index is -0.833. The topological polar surface area (TPSA) is 299 Å². The van der Waals surface area contributed by atoms with Crippen molar-refractivity contribution in [3.05, 3.63) is 49.6 Å². The molecule has 4 aliphatic rings. The number of carbonyl (C=O) groups is 7. The van der Waals surface area contributed by atoms with Gasteiger partial charge in [0.05, 0.1) is 0 Å². The molecule has 2 heterocycles. The molecule has 2 aliphatic carbocycles. The van der Waals surface area contributed by atoms with Crippen LogP contribution in [0.15, 0.2) is 24.3 Å². The van der Waals surface area contributed by atoms with Gasteiger partial charge in [-0.3, -0.25) is 43.4 Å². The normalized spacial score (nSPS) is 19.1. The van der Waals surface area contributed by atoms with Crippen LogP contribution in [0.1, 0.15) is 117 Å². The van der Waals surface area contributed by atoms with Crippen molar-refractivity contribution in [1.82, 2.24) is 9.80 Å². The van der Waals surface area contributed by atoms with Gasteiger partial charge < -0.3 is 50.8 Å². The van der Waals surface area contributed by atoms with E-state index < -0.39 is 50.9 Å². The molecule has 4 rings (SSSR count). The molecule has 364 valence electrons. The van der Waals surface area contributed by atoms with Gasteiger partial charge in [0, 0.05) is 57.7 Å². The molecule has 0 aromatic heterocycles. The van der Waals surface area contributed by atoms with E-state index in [4.69, 9.17) is 79.3 Å². The molecular formula is C39H63Cl4N5O12Pt2. The summed E-state index contributed by atoms with van der Waals surface area (Å²) in [6, 6.07) is 0.285. The molecule has 0 spiro atoms. The number of hydrogen-bond acceptors (Lipinski definition) is 9. The number of carbonyl (C=O) groups excluding carboxylic acids is 4. The first-order chi connectivity index (χ1) is 28.8. The van der Waals surface area contributed by atoms with Gasteiger partial charge in [-0.25, -0.2) is 0 Å². The predicted molar refractivity (Wildman–Crippen MR) is 232 cm³/mol. The fraction of sp³-hybridized carbons (Fsp3) is 0.641. The van der Waals surface area contributed by atoms with Gasteiger partial charge in [-0.1, -0.05) is 64.2 Å². The summed E-state index contributed by atoms with van der Waals surface area (Å²) in [5.41, 5.74) is 14.8. The van der Waals surface area contributed by atoms with Gasteiger partial charge in [0.15, 0.2) is 0 Å². The molecule has 23 heteroatoms. The number of aliphatic carboxylic acids is 3. The summed E-state index contributed by atoms with van der Waals surface area (Å²) in [7, 11) is 19.5. The monoisotopic (exact) mass is 1320 g/mol. The Morgan fingerprint density at radius 2 is 0.968 bits per heavy atom. The summed E-state index contributed by atoms with van der Waals surface area (Å²) >= 11 is -0.944. The van der Waals surface area contributed by atoms with Crippen molar-refractivity contribution in [3.63, 3.8) is 0 Å². The number of carboxylic acids is 3. The molecule has 2 saturated carbocycles. The van der Waals surface area contributed by atoms with Crippen molar-refractivity contribution in [3.8, 4) is 6.26 Å². The average Bonchev–Trinajstić information content (AvgIpc) is 3.68. The molecule has 2 aliphatic heterocycles. The molecule has 0 bridgehead atoms. The van der Waals surface area contributed by atoms with Gasteiger partial charge >= 0.3 is 76.6 Å². The zero-order valence-electron chi connectivity index (χ0n) is 35.1. The Labute approximate surface area is 399 Å². The number of amides is 4. The fourth-order valence-electron chi connectivity index (χ4n) is 5.28. The summed E-state index contributed by atoms with van der Waals surface area (Å²) < 4.78 is 4.49. The molecule has 0 saturated heterocycles. The first-order valence-corrected chi connectivity index (χ1v) is 30.5. The number of imide groups is 2. The maximum atomic E-state index is 11.1. The zero-order chi connectivity index (χ0) is 47.6. The van der Waals surface area contributed by atoms with Crippen LogP contribution in [0.4, 0.5) is 0 Å². The van der Waals surface area contributed by atoms with Crippen molar-refractivity contribution < 1.29 is 92.1 Å². The second-order valence-corrected chi connectivity index (χ2v) is 19.9. The van der Waals surface area contributed by atoms with E-state index in [0.29, 0.717) is 38.0 Å². The van der Waals surface area contributed by atoms with E-state index in [2.05, 4.69) is 18.6 Å². The molecule has 17 nitrogen and oxygen atoms in total. The van der Waals surface area contributed by atoms with E-state index in [1.165, 1.54) is 72.6 Å². The van der Waals surface area contributed by atoms with Crippen molar-refractivity contribution in [2.45, 2.75) is 129 Å². The molecule has 0 aromatic rings. The number of ether oxygens (including phenoxy) is 1. The number of hydrogen-bond donors (Lipinski definition) is 3. The Balaban J connectivity index is -0.000000216. The van der Waals surface area contributed by atoms with Crippen LogP contribution in [0.5, 0.6) is 0 Å². The number of nitriles is 1. The molecule has 4 amide bonds. The fourth-order valence-corrected chi connectivity index (χ4v) is 5.28.